The lowest BCUT2D eigenvalue weighted by atomic mass is 10.2. The number of amides is 1. The van der Waals surface area contributed by atoms with Crippen LogP contribution in [0.4, 0.5) is 5.88 Å². The van der Waals surface area contributed by atoms with Crippen LogP contribution in [0.15, 0.2) is 52.9 Å². The second kappa shape index (κ2) is 10.2. The molecule has 1 fully saturated rings. The zero-order chi connectivity index (χ0) is 23.2. The van der Waals surface area contributed by atoms with Crippen LogP contribution in [0.5, 0.6) is 5.75 Å². The summed E-state index contributed by atoms with van der Waals surface area (Å²) in [5.74, 6) is 1.38. The van der Waals surface area contributed by atoms with E-state index in [2.05, 4.69) is 11.1 Å². The first kappa shape index (κ1) is 22.4. The topological polar surface area (TPSA) is 82.6 Å². The van der Waals surface area contributed by atoms with E-state index in [-0.39, 0.29) is 18.2 Å². The molecule has 2 aromatic carbocycles. The molecule has 3 aromatic rings. The van der Waals surface area contributed by atoms with Crippen LogP contribution in [0.3, 0.4) is 0 Å². The van der Waals surface area contributed by atoms with Gasteiger partial charge in [0.15, 0.2) is 6.61 Å². The standard InChI is InChI=1S/C25H23ClN4O3/c1-18-2-9-21(10-3-18)32-17-24(31)29-12-14-30(15-13-29)25-22(16-27)28-23(33-25)11-6-19-4-7-20(26)8-5-19/h2-11H,12-15,17H2,1H3/b11-6+. The molecule has 4 rings (SSSR count). The molecule has 0 saturated carbocycles. The highest BCUT2D eigenvalue weighted by Gasteiger charge is 2.26. The highest BCUT2D eigenvalue weighted by Crippen LogP contribution is 2.24. The van der Waals surface area contributed by atoms with Crippen molar-refractivity contribution in [1.29, 1.82) is 5.26 Å². The number of oxazole rings is 1. The average molecular weight is 463 g/mol. The number of carbonyl (C=O) groups excluding carboxylic acids is 1. The first-order chi connectivity index (χ1) is 16.0. The summed E-state index contributed by atoms with van der Waals surface area (Å²) in [6.07, 6.45) is 3.56. The van der Waals surface area contributed by atoms with Gasteiger partial charge in [-0.1, -0.05) is 41.4 Å². The normalized spacial score (nSPS) is 13.8. The lowest BCUT2D eigenvalue weighted by molar-refractivity contribution is -0.133. The third kappa shape index (κ3) is 5.73. The van der Waals surface area contributed by atoms with Gasteiger partial charge in [-0.15, -0.1) is 0 Å². The smallest absolute Gasteiger partial charge is 0.260 e. The lowest BCUT2D eigenvalue weighted by Gasteiger charge is -2.34. The number of aryl methyl sites for hydroxylation is 1. The highest BCUT2D eigenvalue weighted by molar-refractivity contribution is 6.30. The van der Waals surface area contributed by atoms with Crippen molar-refractivity contribution in [3.8, 4) is 11.8 Å². The van der Waals surface area contributed by atoms with Crippen LogP contribution in [0.2, 0.25) is 5.02 Å². The van der Waals surface area contributed by atoms with Crippen molar-refractivity contribution >= 4 is 35.5 Å². The summed E-state index contributed by atoms with van der Waals surface area (Å²) in [4.78, 5) is 20.5. The maximum absolute atomic E-state index is 12.5. The molecule has 1 aliphatic heterocycles. The second-order valence-corrected chi connectivity index (χ2v) is 8.11. The van der Waals surface area contributed by atoms with Crippen LogP contribution in [-0.4, -0.2) is 48.6 Å². The number of aromatic nitrogens is 1. The van der Waals surface area contributed by atoms with Crippen LogP contribution >= 0.6 is 11.6 Å². The first-order valence-corrected chi connectivity index (χ1v) is 11.0. The van der Waals surface area contributed by atoms with Gasteiger partial charge in [-0.3, -0.25) is 4.79 Å². The third-order valence-electron chi connectivity index (χ3n) is 5.32. The Kier molecular flexibility index (Phi) is 6.96. The number of anilines is 1. The maximum atomic E-state index is 12.5. The fourth-order valence-corrected chi connectivity index (χ4v) is 3.58. The molecule has 1 aliphatic rings. The van der Waals surface area contributed by atoms with Gasteiger partial charge in [0, 0.05) is 37.3 Å². The Morgan fingerprint density at radius 3 is 2.48 bits per heavy atom. The Balaban J connectivity index is 1.34. The molecule has 7 nitrogen and oxygen atoms in total. The molecule has 0 aliphatic carbocycles. The Bertz CT molecular complexity index is 1170. The van der Waals surface area contributed by atoms with Crippen LogP contribution in [0.1, 0.15) is 22.7 Å². The molecule has 0 N–H and O–H groups in total. The van der Waals surface area contributed by atoms with E-state index in [9.17, 15) is 10.1 Å². The van der Waals surface area contributed by atoms with E-state index >= 15 is 0 Å². The Morgan fingerprint density at radius 1 is 1.12 bits per heavy atom. The van der Waals surface area contributed by atoms with Crippen molar-refractivity contribution in [2.45, 2.75) is 6.92 Å². The molecule has 2 heterocycles. The summed E-state index contributed by atoms with van der Waals surface area (Å²) >= 11 is 5.91. The van der Waals surface area contributed by atoms with Crippen molar-refractivity contribution in [3.63, 3.8) is 0 Å². The molecular formula is C25H23ClN4O3. The lowest BCUT2D eigenvalue weighted by Crippen LogP contribution is -2.50. The predicted octanol–water partition coefficient (Wildman–Crippen LogP) is 4.41. The first-order valence-electron chi connectivity index (χ1n) is 10.6. The summed E-state index contributed by atoms with van der Waals surface area (Å²) in [5, 5.41) is 10.2. The molecule has 0 unspecified atom stereocenters. The largest absolute Gasteiger partial charge is 0.484 e. The van der Waals surface area contributed by atoms with E-state index < -0.39 is 0 Å². The molecule has 168 valence electrons. The Morgan fingerprint density at radius 2 is 1.82 bits per heavy atom. The van der Waals surface area contributed by atoms with Gasteiger partial charge in [0.25, 0.3) is 5.91 Å². The quantitative estimate of drug-likeness (QED) is 0.539. The molecule has 0 atom stereocenters. The van der Waals surface area contributed by atoms with E-state index in [0.717, 1.165) is 11.1 Å². The number of hydrogen-bond acceptors (Lipinski definition) is 6. The number of nitriles is 1. The number of benzene rings is 2. The van der Waals surface area contributed by atoms with Crippen LogP contribution in [0.25, 0.3) is 12.2 Å². The van der Waals surface area contributed by atoms with E-state index in [1.54, 1.807) is 23.1 Å². The number of piperazine rings is 1. The summed E-state index contributed by atoms with van der Waals surface area (Å²) in [6, 6.07) is 17.1. The predicted molar refractivity (Wildman–Crippen MR) is 127 cm³/mol. The van der Waals surface area contributed by atoms with Crippen molar-refractivity contribution in [1.82, 2.24) is 9.88 Å². The van der Waals surface area contributed by atoms with Crippen LogP contribution in [0, 0.1) is 18.3 Å². The van der Waals surface area contributed by atoms with E-state index in [1.807, 2.05) is 54.3 Å². The van der Waals surface area contributed by atoms with Gasteiger partial charge < -0.3 is 19.0 Å². The van der Waals surface area contributed by atoms with E-state index in [1.165, 1.54) is 0 Å². The molecule has 33 heavy (non-hydrogen) atoms. The van der Waals surface area contributed by atoms with Gasteiger partial charge in [-0.25, -0.2) is 0 Å². The molecular weight excluding hydrogens is 440 g/mol. The zero-order valence-electron chi connectivity index (χ0n) is 18.2. The van der Waals surface area contributed by atoms with Gasteiger partial charge in [0.2, 0.25) is 17.5 Å². The van der Waals surface area contributed by atoms with Crippen LogP contribution < -0.4 is 9.64 Å². The molecule has 0 spiro atoms. The molecule has 8 heteroatoms. The van der Waals surface area contributed by atoms with Gasteiger partial charge in [0.05, 0.1) is 0 Å². The maximum Gasteiger partial charge on any atom is 0.260 e. The number of rotatable bonds is 6. The number of ether oxygens (including phenoxy) is 1. The fraction of sp³-hybridized carbons (Fsp3) is 0.240. The third-order valence-corrected chi connectivity index (χ3v) is 5.57. The number of halogens is 1. The monoisotopic (exact) mass is 462 g/mol. The highest BCUT2D eigenvalue weighted by atomic mass is 35.5. The van der Waals surface area contributed by atoms with Crippen molar-refractivity contribution in [2.75, 3.05) is 37.7 Å². The Hall–Kier alpha value is -3.76. The fourth-order valence-electron chi connectivity index (χ4n) is 3.46. The van der Waals surface area contributed by atoms with Crippen molar-refractivity contribution < 1.29 is 13.9 Å². The molecule has 0 bridgehead atoms. The molecule has 0 radical (unpaired) electrons. The van der Waals surface area contributed by atoms with E-state index in [0.29, 0.717) is 48.7 Å². The Labute approximate surface area is 197 Å². The summed E-state index contributed by atoms with van der Waals surface area (Å²) in [5.41, 5.74) is 2.31. The minimum atomic E-state index is -0.0695. The molecule has 1 aromatic heterocycles. The van der Waals surface area contributed by atoms with Crippen molar-refractivity contribution in [2.24, 2.45) is 0 Å². The van der Waals surface area contributed by atoms with Crippen LogP contribution in [-0.2, 0) is 4.79 Å². The van der Waals surface area contributed by atoms with Crippen molar-refractivity contribution in [3.05, 3.63) is 76.3 Å². The SMILES string of the molecule is Cc1ccc(OCC(=O)N2CCN(c3oc(/C=C/c4ccc(Cl)cc4)nc3C#N)CC2)cc1. The minimum absolute atomic E-state index is 0.00550. The van der Waals surface area contributed by atoms with E-state index in [4.69, 9.17) is 20.8 Å². The average Bonchev–Trinajstić information content (AvgIpc) is 3.26. The number of nitrogens with zero attached hydrogens (tertiary/aromatic N) is 4. The van der Waals surface area contributed by atoms with Gasteiger partial charge in [-0.05, 0) is 42.8 Å². The second-order valence-electron chi connectivity index (χ2n) is 7.67. The molecule has 1 saturated heterocycles. The zero-order valence-corrected chi connectivity index (χ0v) is 19.0. The van der Waals surface area contributed by atoms with Gasteiger partial charge >= 0.3 is 0 Å². The summed E-state index contributed by atoms with van der Waals surface area (Å²) < 4.78 is 11.5. The minimum Gasteiger partial charge on any atom is -0.484 e. The molecule has 1 amide bonds. The van der Waals surface area contributed by atoms with Gasteiger partial charge in [-0.2, -0.15) is 10.2 Å². The number of carbonyl (C=O) groups is 1. The number of hydrogen-bond donors (Lipinski definition) is 0. The van der Waals surface area contributed by atoms with Gasteiger partial charge in [0.1, 0.15) is 11.8 Å². The summed E-state index contributed by atoms with van der Waals surface area (Å²) in [6.45, 7) is 4.10. The summed E-state index contributed by atoms with van der Waals surface area (Å²) in [7, 11) is 0.